The molecule has 0 saturated carbocycles. The Hall–Kier alpha value is -2.28. The minimum Gasteiger partial charge on any atom is -0.465 e. The van der Waals surface area contributed by atoms with E-state index in [2.05, 4.69) is 16.0 Å². The van der Waals surface area contributed by atoms with Gasteiger partial charge in [0.1, 0.15) is 0 Å². The number of nitrogens with one attached hydrogen (secondary N) is 3. The number of ether oxygens (including phenoxy) is 1. The Kier molecular flexibility index (Phi) is 2.56. The van der Waals surface area contributed by atoms with Crippen molar-refractivity contribution in [1.82, 2.24) is 0 Å². The second-order valence-electron chi connectivity index (χ2n) is 4.35. The van der Waals surface area contributed by atoms with Crippen LogP contribution in [0.1, 0.15) is 18.4 Å². The van der Waals surface area contributed by atoms with Crippen molar-refractivity contribution >= 4 is 28.9 Å². The van der Waals surface area contributed by atoms with Gasteiger partial charge in [0, 0.05) is 11.3 Å². The highest BCUT2D eigenvalue weighted by molar-refractivity contribution is 6.15. The molecular weight excluding hydrogens is 250 g/mol. The van der Waals surface area contributed by atoms with Crippen LogP contribution in [-0.2, 0) is 14.3 Å². The number of hydrogen-bond acceptors (Lipinski definition) is 6. The summed E-state index contributed by atoms with van der Waals surface area (Å²) in [6.07, 6.45) is -0.866. The van der Waals surface area contributed by atoms with E-state index in [9.17, 15) is 14.7 Å². The summed E-state index contributed by atoms with van der Waals surface area (Å²) in [7, 11) is 0. The number of carbonyl (C=O) groups excluding carboxylic acids is 2. The highest BCUT2D eigenvalue weighted by Crippen LogP contribution is 2.41. The number of benzene rings is 1. The summed E-state index contributed by atoms with van der Waals surface area (Å²) in [6.45, 7) is 1.91. The average Bonchev–Trinajstić information content (AvgIpc) is 2.83. The number of hydrogen-bond donors (Lipinski definition) is 4. The Morgan fingerprint density at radius 3 is 2.68 bits per heavy atom. The van der Waals surface area contributed by atoms with Gasteiger partial charge < -0.3 is 25.8 Å². The van der Waals surface area contributed by atoms with Crippen molar-refractivity contribution in [3.8, 4) is 0 Å². The molecule has 1 aromatic carbocycles. The van der Waals surface area contributed by atoms with Gasteiger partial charge in [-0.05, 0) is 19.1 Å². The third-order valence-electron chi connectivity index (χ3n) is 3.13. The Morgan fingerprint density at radius 1 is 1.32 bits per heavy atom. The van der Waals surface area contributed by atoms with Crippen LogP contribution >= 0.6 is 0 Å². The zero-order valence-corrected chi connectivity index (χ0v) is 10.2. The molecule has 0 aliphatic carbocycles. The van der Waals surface area contributed by atoms with E-state index in [1.807, 2.05) is 0 Å². The fourth-order valence-corrected chi connectivity index (χ4v) is 2.34. The lowest BCUT2D eigenvalue weighted by atomic mass is 10.00. The third kappa shape index (κ3) is 1.78. The maximum absolute atomic E-state index is 11.8. The molecule has 1 aromatic rings. The SMILES string of the molecule is CCOC(=O)C1C(=O)Nc2cc3c(cc21)NC(O)N3. The second kappa shape index (κ2) is 4.13. The van der Waals surface area contributed by atoms with Gasteiger partial charge in [0.15, 0.2) is 5.92 Å². The molecule has 2 aliphatic heterocycles. The van der Waals surface area contributed by atoms with E-state index in [1.54, 1.807) is 19.1 Å². The van der Waals surface area contributed by atoms with Crippen LogP contribution in [0.5, 0.6) is 0 Å². The molecule has 3 rings (SSSR count). The lowest BCUT2D eigenvalue weighted by Crippen LogP contribution is -2.23. The maximum atomic E-state index is 11.8. The molecule has 0 saturated heterocycles. The Bertz CT molecular complexity index is 572. The molecule has 1 amide bonds. The summed E-state index contributed by atoms with van der Waals surface area (Å²) < 4.78 is 4.91. The van der Waals surface area contributed by atoms with Crippen molar-refractivity contribution in [2.45, 2.75) is 19.2 Å². The molecule has 0 fully saturated rings. The van der Waals surface area contributed by atoms with E-state index in [0.29, 0.717) is 22.6 Å². The van der Waals surface area contributed by atoms with Gasteiger partial charge in [-0.25, -0.2) is 0 Å². The lowest BCUT2D eigenvalue weighted by Gasteiger charge is -2.08. The van der Waals surface area contributed by atoms with Crippen molar-refractivity contribution in [3.63, 3.8) is 0 Å². The largest absolute Gasteiger partial charge is 0.465 e. The molecule has 2 atom stereocenters. The fourth-order valence-electron chi connectivity index (χ4n) is 2.34. The van der Waals surface area contributed by atoms with Crippen LogP contribution in [0.15, 0.2) is 12.1 Å². The smallest absolute Gasteiger partial charge is 0.323 e. The first-order valence-electron chi connectivity index (χ1n) is 5.96. The minimum atomic E-state index is -0.945. The summed E-state index contributed by atoms with van der Waals surface area (Å²) in [5.41, 5.74) is 2.45. The highest BCUT2D eigenvalue weighted by atomic mass is 16.5. The van der Waals surface area contributed by atoms with Gasteiger partial charge in [0.2, 0.25) is 12.3 Å². The van der Waals surface area contributed by atoms with Gasteiger partial charge in [-0.3, -0.25) is 9.59 Å². The molecule has 100 valence electrons. The standard InChI is InChI=1S/C12H13N3O4/c1-2-19-11(17)9-5-3-7-8(15-12(18)14-7)4-6(5)13-10(9)16/h3-4,9,12,14-15,18H,2H2,1H3,(H,13,16). The van der Waals surface area contributed by atoms with Gasteiger partial charge >= 0.3 is 5.97 Å². The Balaban J connectivity index is 2.00. The number of esters is 1. The van der Waals surface area contributed by atoms with Crippen molar-refractivity contribution in [2.24, 2.45) is 0 Å². The molecule has 0 radical (unpaired) electrons. The summed E-state index contributed by atoms with van der Waals surface area (Å²) in [5.74, 6) is -1.90. The molecule has 4 N–H and O–H groups in total. The summed E-state index contributed by atoms with van der Waals surface area (Å²) in [5, 5.41) is 17.6. The predicted octanol–water partition coefficient (Wildman–Crippen LogP) is 0.399. The molecule has 7 nitrogen and oxygen atoms in total. The minimum absolute atomic E-state index is 0.224. The Morgan fingerprint density at radius 2 is 2.00 bits per heavy atom. The van der Waals surface area contributed by atoms with Crippen molar-refractivity contribution in [2.75, 3.05) is 22.6 Å². The normalized spacial score (nSPS) is 22.9. The van der Waals surface area contributed by atoms with Crippen LogP contribution in [0.4, 0.5) is 17.1 Å². The van der Waals surface area contributed by atoms with E-state index in [0.717, 1.165) is 0 Å². The van der Waals surface area contributed by atoms with Crippen molar-refractivity contribution in [1.29, 1.82) is 0 Å². The molecule has 2 aliphatic rings. The number of rotatable bonds is 2. The quantitative estimate of drug-likeness (QED) is 0.455. The number of amides is 1. The van der Waals surface area contributed by atoms with Gasteiger partial charge in [-0.15, -0.1) is 0 Å². The second-order valence-corrected chi connectivity index (χ2v) is 4.35. The first kappa shape index (κ1) is 11.8. The molecular formula is C12H13N3O4. The van der Waals surface area contributed by atoms with Crippen LogP contribution in [0.3, 0.4) is 0 Å². The van der Waals surface area contributed by atoms with Gasteiger partial charge in [0.05, 0.1) is 18.0 Å². The van der Waals surface area contributed by atoms with E-state index < -0.39 is 24.1 Å². The van der Waals surface area contributed by atoms with Gasteiger partial charge in [-0.2, -0.15) is 0 Å². The average molecular weight is 263 g/mol. The summed E-state index contributed by atoms with van der Waals surface area (Å²) >= 11 is 0. The Labute approximate surface area is 108 Å². The maximum Gasteiger partial charge on any atom is 0.323 e. The van der Waals surface area contributed by atoms with Crippen molar-refractivity contribution < 1.29 is 19.4 Å². The van der Waals surface area contributed by atoms with Gasteiger partial charge in [0.25, 0.3) is 0 Å². The molecule has 2 unspecified atom stereocenters. The number of aliphatic hydroxyl groups is 1. The molecule has 2 heterocycles. The molecule has 0 spiro atoms. The zero-order valence-electron chi connectivity index (χ0n) is 10.2. The molecule has 19 heavy (non-hydrogen) atoms. The first-order valence-corrected chi connectivity index (χ1v) is 5.96. The third-order valence-corrected chi connectivity index (χ3v) is 3.13. The number of fused-ring (bicyclic) bond motifs is 2. The van der Waals surface area contributed by atoms with Crippen LogP contribution < -0.4 is 16.0 Å². The summed E-state index contributed by atoms with van der Waals surface area (Å²) in [6, 6.07) is 3.36. The van der Waals surface area contributed by atoms with Crippen molar-refractivity contribution in [3.05, 3.63) is 17.7 Å². The van der Waals surface area contributed by atoms with E-state index in [1.165, 1.54) is 0 Å². The highest BCUT2D eigenvalue weighted by Gasteiger charge is 2.39. The topological polar surface area (TPSA) is 99.7 Å². The van der Waals surface area contributed by atoms with E-state index in [4.69, 9.17) is 4.74 Å². The monoisotopic (exact) mass is 263 g/mol. The van der Waals surface area contributed by atoms with Crippen LogP contribution in [0, 0.1) is 0 Å². The molecule has 0 aromatic heterocycles. The summed E-state index contributed by atoms with van der Waals surface area (Å²) in [4.78, 5) is 23.7. The number of aliphatic hydroxyl groups excluding tert-OH is 1. The van der Waals surface area contributed by atoms with Crippen LogP contribution in [-0.4, -0.2) is 29.9 Å². The van der Waals surface area contributed by atoms with E-state index >= 15 is 0 Å². The molecule has 0 bridgehead atoms. The zero-order chi connectivity index (χ0) is 13.6. The fraction of sp³-hybridized carbons (Fsp3) is 0.333. The number of anilines is 3. The van der Waals surface area contributed by atoms with E-state index in [-0.39, 0.29) is 6.61 Å². The predicted molar refractivity (Wildman–Crippen MR) is 67.7 cm³/mol. The molecule has 7 heteroatoms. The number of carbonyl (C=O) groups is 2. The van der Waals surface area contributed by atoms with Crippen LogP contribution in [0.25, 0.3) is 0 Å². The lowest BCUT2D eigenvalue weighted by molar-refractivity contribution is -0.147. The van der Waals surface area contributed by atoms with Gasteiger partial charge in [-0.1, -0.05) is 0 Å². The first-order chi connectivity index (χ1) is 9.10. The van der Waals surface area contributed by atoms with Crippen LogP contribution in [0.2, 0.25) is 0 Å².